The molecule has 0 aliphatic carbocycles. The minimum Gasteiger partial charge on any atom is -0.455 e. The van der Waals surface area contributed by atoms with Gasteiger partial charge in [-0.3, -0.25) is 0 Å². The molecule has 0 atom stereocenters. The van der Waals surface area contributed by atoms with Gasteiger partial charge in [-0.25, -0.2) is 0 Å². The molecule has 0 saturated carbocycles. The summed E-state index contributed by atoms with van der Waals surface area (Å²) in [5.74, 6) is 0. The number of benzene rings is 8. The Kier molecular flexibility index (Phi) is 5.33. The van der Waals surface area contributed by atoms with Gasteiger partial charge in [-0.15, -0.1) is 11.3 Å². The molecule has 0 bridgehead atoms. The number of thiophene rings is 1. The highest BCUT2D eigenvalue weighted by Gasteiger charge is 2.46. The largest absolute Gasteiger partial charge is 0.455 e. The molecule has 2 aliphatic rings. The average molecular weight is 691 g/mol. The standard InChI is InChI=1S/C48H27BN2OS/c1-2-11-28(12-3-1)29-21-24-31(25-22-29)51-44-32-14-5-4-13-30(32)23-26-35(44)42-43-39(27-37-33-15-6-8-19-40(33)52-47(37)42)50-45-36(17-10-18-38(45)49(43)51)48-46(50)34-16-7-9-20-41(34)53-48/h1-27H. The van der Waals surface area contributed by atoms with E-state index in [2.05, 4.69) is 173 Å². The van der Waals surface area contributed by atoms with E-state index in [1.54, 1.807) is 0 Å². The molecule has 5 heterocycles. The first kappa shape index (κ1) is 28.1. The summed E-state index contributed by atoms with van der Waals surface area (Å²) in [4.78, 5) is 2.63. The van der Waals surface area contributed by atoms with E-state index >= 15 is 0 Å². The highest BCUT2D eigenvalue weighted by atomic mass is 32.1. The van der Waals surface area contributed by atoms with Crippen molar-refractivity contribution in [3.05, 3.63) is 164 Å². The van der Waals surface area contributed by atoms with Gasteiger partial charge < -0.3 is 13.8 Å². The van der Waals surface area contributed by atoms with E-state index in [0.717, 1.165) is 27.6 Å². The number of hydrogen-bond acceptors (Lipinski definition) is 3. The third-order valence-electron chi connectivity index (χ3n) is 11.7. The second-order valence-corrected chi connectivity index (χ2v) is 15.4. The van der Waals surface area contributed by atoms with Gasteiger partial charge in [0.2, 0.25) is 0 Å². The van der Waals surface area contributed by atoms with E-state index in [1.807, 2.05) is 11.3 Å². The van der Waals surface area contributed by atoms with E-state index in [0.29, 0.717) is 0 Å². The lowest BCUT2D eigenvalue weighted by Gasteiger charge is -2.42. The molecule has 0 N–H and O–H groups in total. The summed E-state index contributed by atoms with van der Waals surface area (Å²) < 4.78 is 12.2. The number of anilines is 2. The van der Waals surface area contributed by atoms with Gasteiger partial charge in [0.25, 0.3) is 0 Å². The summed E-state index contributed by atoms with van der Waals surface area (Å²) in [7, 11) is 0. The normalized spacial score (nSPS) is 13.2. The Balaban J connectivity index is 1.23. The first-order chi connectivity index (χ1) is 26.3. The molecular weight excluding hydrogens is 663 g/mol. The van der Waals surface area contributed by atoms with E-state index in [-0.39, 0.29) is 6.85 Å². The molecule has 0 radical (unpaired) electrons. The van der Waals surface area contributed by atoms with Crippen molar-refractivity contribution < 1.29 is 4.42 Å². The van der Waals surface area contributed by atoms with Gasteiger partial charge in [-0.1, -0.05) is 133 Å². The Hall–Kier alpha value is -6.56. The van der Waals surface area contributed by atoms with Crippen LogP contribution in [0.15, 0.2) is 168 Å². The van der Waals surface area contributed by atoms with Crippen LogP contribution in [0, 0.1) is 0 Å². The smallest absolute Gasteiger partial charge is 0.333 e. The summed E-state index contributed by atoms with van der Waals surface area (Å²) in [6.07, 6.45) is 0. The molecule has 0 saturated heterocycles. The van der Waals surface area contributed by atoms with Gasteiger partial charge in [0, 0.05) is 59.8 Å². The second-order valence-electron chi connectivity index (χ2n) is 14.4. The molecule has 2 aliphatic heterocycles. The molecule has 244 valence electrons. The number of nitrogens with zero attached hydrogens (tertiary/aromatic N) is 2. The van der Waals surface area contributed by atoms with E-state index in [9.17, 15) is 0 Å². The van der Waals surface area contributed by atoms with Crippen LogP contribution in [-0.4, -0.2) is 11.4 Å². The summed E-state index contributed by atoms with van der Waals surface area (Å²) >= 11 is 1.91. The topological polar surface area (TPSA) is 21.3 Å². The van der Waals surface area contributed by atoms with Gasteiger partial charge in [-0.2, -0.15) is 0 Å². The first-order valence-corrected chi connectivity index (χ1v) is 19.0. The van der Waals surface area contributed by atoms with Gasteiger partial charge in [0.05, 0.1) is 15.7 Å². The maximum Gasteiger partial charge on any atom is 0.333 e. The number of rotatable bonds is 2. The Morgan fingerprint density at radius 3 is 2.17 bits per heavy atom. The van der Waals surface area contributed by atoms with Crippen molar-refractivity contribution in [3.8, 4) is 27.9 Å². The van der Waals surface area contributed by atoms with E-state index in [4.69, 9.17) is 4.42 Å². The van der Waals surface area contributed by atoms with Crippen LogP contribution in [-0.2, 0) is 0 Å². The minimum atomic E-state index is -0.0926. The van der Waals surface area contributed by atoms with E-state index in [1.165, 1.54) is 86.5 Å². The predicted octanol–water partition coefficient (Wildman–Crippen LogP) is 12.0. The average Bonchev–Trinajstić information content (AvgIpc) is 3.89. The third kappa shape index (κ3) is 3.55. The summed E-state index contributed by atoms with van der Waals surface area (Å²) in [6.45, 7) is -0.0926. The highest BCUT2D eigenvalue weighted by Crippen LogP contribution is 2.51. The molecule has 0 fully saturated rings. The lowest BCUT2D eigenvalue weighted by molar-refractivity contribution is 0.670. The van der Waals surface area contributed by atoms with Crippen LogP contribution in [0.4, 0.5) is 11.4 Å². The molecule has 0 spiro atoms. The minimum absolute atomic E-state index is 0.0926. The quantitative estimate of drug-likeness (QED) is 0.168. The van der Waals surface area contributed by atoms with Crippen molar-refractivity contribution in [2.45, 2.75) is 0 Å². The zero-order valence-corrected chi connectivity index (χ0v) is 29.2. The van der Waals surface area contributed by atoms with Crippen LogP contribution in [0.5, 0.6) is 0 Å². The number of hydrogen-bond donors (Lipinski definition) is 0. The molecule has 0 amide bonds. The maximum atomic E-state index is 6.96. The number of aromatic nitrogens is 1. The SMILES string of the molecule is c1ccc(-c2ccc(N3B4c5c(cc6c(oc7ccccc76)c5-c5ccc6ccccc6c53)-n3c5c4cccc5c4sc5ccccc5c43)cc2)cc1. The van der Waals surface area contributed by atoms with E-state index < -0.39 is 0 Å². The Morgan fingerprint density at radius 1 is 0.547 bits per heavy atom. The Morgan fingerprint density at radius 2 is 1.28 bits per heavy atom. The van der Waals surface area contributed by atoms with Crippen molar-refractivity contribution in [1.82, 2.24) is 4.57 Å². The van der Waals surface area contributed by atoms with Crippen LogP contribution in [0.1, 0.15) is 0 Å². The van der Waals surface area contributed by atoms with Crippen LogP contribution in [0.3, 0.4) is 0 Å². The van der Waals surface area contributed by atoms with Crippen molar-refractivity contribution in [1.29, 1.82) is 0 Å². The van der Waals surface area contributed by atoms with Crippen LogP contribution < -0.4 is 15.7 Å². The molecule has 5 heteroatoms. The van der Waals surface area contributed by atoms with Crippen molar-refractivity contribution in [2.75, 3.05) is 4.81 Å². The highest BCUT2D eigenvalue weighted by molar-refractivity contribution is 7.26. The lowest BCUT2D eigenvalue weighted by atomic mass is 9.43. The van der Waals surface area contributed by atoms with Gasteiger partial charge in [0.15, 0.2) is 0 Å². The number of fused-ring (bicyclic) bond motifs is 15. The zero-order chi connectivity index (χ0) is 34.4. The van der Waals surface area contributed by atoms with Crippen molar-refractivity contribution >= 4 is 104 Å². The van der Waals surface area contributed by atoms with Crippen LogP contribution in [0.25, 0.3) is 91.9 Å². The fourth-order valence-corrected chi connectivity index (χ4v) is 10.8. The number of furan rings is 1. The Bertz CT molecular complexity index is 3350. The predicted molar refractivity (Wildman–Crippen MR) is 225 cm³/mol. The summed E-state index contributed by atoms with van der Waals surface area (Å²) in [5.41, 5.74) is 15.5. The first-order valence-electron chi connectivity index (χ1n) is 18.2. The summed E-state index contributed by atoms with van der Waals surface area (Å²) in [6, 6.07) is 60.1. The second kappa shape index (κ2) is 10.1. The molecule has 53 heavy (non-hydrogen) atoms. The maximum absolute atomic E-state index is 6.96. The van der Waals surface area contributed by atoms with Gasteiger partial charge >= 0.3 is 6.85 Å². The molecular formula is C48H27BN2OS. The summed E-state index contributed by atoms with van der Waals surface area (Å²) in [5, 5.41) is 7.37. The zero-order valence-electron chi connectivity index (χ0n) is 28.4. The van der Waals surface area contributed by atoms with Gasteiger partial charge in [0.1, 0.15) is 11.2 Å². The third-order valence-corrected chi connectivity index (χ3v) is 12.9. The molecule has 0 unspecified atom stereocenters. The molecule has 3 aromatic heterocycles. The monoisotopic (exact) mass is 690 g/mol. The van der Waals surface area contributed by atoms with Crippen LogP contribution in [0.2, 0.25) is 0 Å². The van der Waals surface area contributed by atoms with Gasteiger partial charge in [-0.05, 0) is 57.8 Å². The Labute approximate surface area is 308 Å². The lowest BCUT2D eigenvalue weighted by Crippen LogP contribution is -2.60. The molecule has 11 aromatic rings. The van der Waals surface area contributed by atoms with Crippen LogP contribution >= 0.6 is 11.3 Å². The fourth-order valence-electron chi connectivity index (χ4n) is 9.58. The molecule has 8 aromatic carbocycles. The van der Waals surface area contributed by atoms with Crippen molar-refractivity contribution in [2.24, 2.45) is 0 Å². The molecule has 13 rings (SSSR count). The van der Waals surface area contributed by atoms with Crippen molar-refractivity contribution in [3.63, 3.8) is 0 Å². The fraction of sp³-hybridized carbons (Fsp3) is 0. The molecule has 3 nitrogen and oxygen atoms in total. The number of para-hydroxylation sites is 2.